The summed E-state index contributed by atoms with van der Waals surface area (Å²) in [6.07, 6.45) is 7.01. The van der Waals surface area contributed by atoms with Gasteiger partial charge in [0.25, 0.3) is 0 Å². The van der Waals surface area contributed by atoms with Crippen LogP contribution < -0.4 is 0 Å². The zero-order valence-corrected chi connectivity index (χ0v) is 10.2. The summed E-state index contributed by atoms with van der Waals surface area (Å²) in [5, 5.41) is 2.46. The lowest BCUT2D eigenvalue weighted by Crippen LogP contribution is -1.86. The molecule has 2 aromatic carbocycles. The van der Waals surface area contributed by atoms with E-state index in [4.69, 9.17) is 6.42 Å². The van der Waals surface area contributed by atoms with E-state index in [2.05, 4.69) is 55.8 Å². The third kappa shape index (κ3) is 2.08. The second-order valence-electron chi connectivity index (χ2n) is 3.99. The van der Waals surface area contributed by atoms with Crippen molar-refractivity contribution in [3.63, 3.8) is 0 Å². The highest BCUT2D eigenvalue weighted by atomic mass is 32.1. The molecule has 0 heterocycles. The predicted octanol–water partition coefficient (Wildman–Crippen LogP) is 4.00. The van der Waals surface area contributed by atoms with E-state index in [1.165, 1.54) is 21.9 Å². The van der Waals surface area contributed by atoms with Gasteiger partial charge in [0.05, 0.1) is 0 Å². The summed E-state index contributed by atoms with van der Waals surface area (Å²) in [4.78, 5) is 1.07. The number of hydrogen-bond acceptors (Lipinski definition) is 1. The minimum Gasteiger partial charge on any atom is -0.143 e. The van der Waals surface area contributed by atoms with Crippen molar-refractivity contribution >= 4 is 23.4 Å². The lowest BCUT2D eigenvalue weighted by molar-refractivity contribution is 1.03. The molecule has 2 aromatic rings. The van der Waals surface area contributed by atoms with Crippen LogP contribution in [0.1, 0.15) is 17.5 Å². The van der Waals surface area contributed by atoms with Gasteiger partial charge in [-0.15, -0.1) is 25.0 Å². The fourth-order valence-corrected chi connectivity index (χ4v) is 2.12. The molecule has 0 aliphatic rings. The molecule has 0 bridgehead atoms. The van der Waals surface area contributed by atoms with Gasteiger partial charge in [-0.1, -0.05) is 30.3 Å². The van der Waals surface area contributed by atoms with Gasteiger partial charge in [-0.25, -0.2) is 0 Å². The fourth-order valence-electron chi connectivity index (χ4n) is 1.84. The van der Waals surface area contributed by atoms with Crippen molar-refractivity contribution in [2.24, 2.45) is 0 Å². The highest BCUT2D eigenvalue weighted by Crippen LogP contribution is 2.26. The van der Waals surface area contributed by atoms with Crippen molar-refractivity contribution in [3.8, 4) is 12.3 Å². The summed E-state index contributed by atoms with van der Waals surface area (Å²) in [5.41, 5.74) is 2.51. The van der Waals surface area contributed by atoms with Crippen LogP contribution in [-0.4, -0.2) is 0 Å². The molecule has 0 amide bonds. The van der Waals surface area contributed by atoms with Crippen LogP contribution in [0.3, 0.4) is 0 Å². The first-order chi connectivity index (χ1) is 7.72. The molecule has 0 fully saturated rings. The smallest absolute Gasteiger partial charge is 0.0148 e. The van der Waals surface area contributed by atoms with E-state index >= 15 is 0 Å². The highest BCUT2D eigenvalue weighted by molar-refractivity contribution is 7.80. The first-order valence-corrected chi connectivity index (χ1v) is 5.82. The molecular formula is C15H14S. The topological polar surface area (TPSA) is 0 Å². The Morgan fingerprint density at radius 1 is 1.25 bits per heavy atom. The van der Waals surface area contributed by atoms with E-state index in [9.17, 15) is 0 Å². The number of rotatable bonds is 2. The van der Waals surface area contributed by atoms with Gasteiger partial charge in [-0.05, 0) is 35.2 Å². The molecule has 16 heavy (non-hydrogen) atoms. The molecule has 0 radical (unpaired) electrons. The Labute approximate surface area is 102 Å². The molecule has 0 aromatic heterocycles. The van der Waals surface area contributed by atoms with E-state index in [0.29, 0.717) is 0 Å². The number of hydrogen-bond donors (Lipinski definition) is 1. The average molecular weight is 226 g/mol. The Morgan fingerprint density at radius 3 is 2.81 bits per heavy atom. The quantitative estimate of drug-likeness (QED) is 0.580. The van der Waals surface area contributed by atoms with Gasteiger partial charge < -0.3 is 0 Å². The van der Waals surface area contributed by atoms with Crippen LogP contribution >= 0.6 is 12.6 Å². The van der Waals surface area contributed by atoms with Crippen molar-refractivity contribution < 1.29 is 0 Å². The first kappa shape index (κ1) is 11.1. The standard InChI is InChI=1S/C15H14S/c1-3-4-5-12-7-9-14-13(10-12)8-6-11(2)15(14)16/h1,6-10,16H,4-5H2,2H3. The molecule has 0 spiro atoms. The maximum absolute atomic E-state index is 5.27. The minimum atomic E-state index is 0.797. The zero-order chi connectivity index (χ0) is 11.5. The lowest BCUT2D eigenvalue weighted by Gasteiger charge is -2.06. The molecule has 0 nitrogen and oxygen atoms in total. The van der Waals surface area contributed by atoms with Crippen LogP contribution in [0.5, 0.6) is 0 Å². The van der Waals surface area contributed by atoms with E-state index in [-0.39, 0.29) is 0 Å². The largest absolute Gasteiger partial charge is 0.143 e. The maximum Gasteiger partial charge on any atom is 0.0148 e. The summed E-state index contributed by atoms with van der Waals surface area (Å²) < 4.78 is 0. The Bertz CT molecular complexity index is 561. The summed E-state index contributed by atoms with van der Waals surface area (Å²) in [5.74, 6) is 2.67. The van der Waals surface area contributed by atoms with Gasteiger partial charge in [0, 0.05) is 11.3 Å². The van der Waals surface area contributed by atoms with Crippen LogP contribution in [0.25, 0.3) is 10.8 Å². The van der Waals surface area contributed by atoms with Crippen molar-refractivity contribution in [2.75, 3.05) is 0 Å². The number of aryl methyl sites for hydroxylation is 2. The number of terminal acetylenes is 1. The van der Waals surface area contributed by atoms with Gasteiger partial charge >= 0.3 is 0 Å². The summed E-state index contributed by atoms with van der Waals surface area (Å²) in [6, 6.07) is 10.7. The summed E-state index contributed by atoms with van der Waals surface area (Å²) in [7, 11) is 0. The van der Waals surface area contributed by atoms with Crippen molar-refractivity contribution in [1.82, 2.24) is 0 Å². The second kappa shape index (κ2) is 4.63. The molecule has 1 heteroatoms. The van der Waals surface area contributed by atoms with Crippen molar-refractivity contribution in [2.45, 2.75) is 24.7 Å². The van der Waals surface area contributed by atoms with E-state index in [0.717, 1.165) is 17.7 Å². The Kier molecular flexibility index (Phi) is 3.22. The molecule has 0 aliphatic carbocycles. The average Bonchev–Trinajstić information content (AvgIpc) is 2.31. The third-order valence-corrected chi connectivity index (χ3v) is 3.41. The monoisotopic (exact) mass is 226 g/mol. The molecule has 0 saturated carbocycles. The van der Waals surface area contributed by atoms with Gasteiger partial charge in [-0.2, -0.15) is 0 Å². The maximum atomic E-state index is 5.27. The van der Waals surface area contributed by atoms with Gasteiger partial charge in [0.15, 0.2) is 0 Å². The molecule has 0 aliphatic heterocycles. The Hall–Kier alpha value is -1.39. The summed E-state index contributed by atoms with van der Waals surface area (Å²) >= 11 is 4.54. The minimum absolute atomic E-state index is 0.797. The fraction of sp³-hybridized carbons (Fsp3) is 0.200. The van der Waals surface area contributed by atoms with Crippen LogP contribution in [-0.2, 0) is 6.42 Å². The normalized spacial score (nSPS) is 10.3. The predicted molar refractivity (Wildman–Crippen MR) is 73.1 cm³/mol. The van der Waals surface area contributed by atoms with Gasteiger partial charge in [0.1, 0.15) is 0 Å². The third-order valence-electron chi connectivity index (χ3n) is 2.82. The number of fused-ring (bicyclic) bond motifs is 1. The van der Waals surface area contributed by atoms with Gasteiger partial charge in [0.2, 0.25) is 0 Å². The SMILES string of the molecule is C#CCCc1ccc2c(S)c(C)ccc2c1. The molecule has 2 rings (SSSR count). The second-order valence-corrected chi connectivity index (χ2v) is 4.44. The molecule has 0 saturated heterocycles. The van der Waals surface area contributed by atoms with Crippen molar-refractivity contribution in [3.05, 3.63) is 41.5 Å². The van der Waals surface area contributed by atoms with Crippen molar-refractivity contribution in [1.29, 1.82) is 0 Å². The molecule has 0 unspecified atom stereocenters. The zero-order valence-electron chi connectivity index (χ0n) is 9.33. The van der Waals surface area contributed by atoms with Crippen LogP contribution in [0.4, 0.5) is 0 Å². The highest BCUT2D eigenvalue weighted by Gasteiger charge is 2.01. The van der Waals surface area contributed by atoms with Crippen LogP contribution in [0, 0.1) is 19.3 Å². The van der Waals surface area contributed by atoms with E-state index in [1.807, 2.05) is 0 Å². The molecule has 80 valence electrons. The number of benzene rings is 2. The van der Waals surface area contributed by atoms with Gasteiger partial charge in [-0.3, -0.25) is 0 Å². The molecule has 0 N–H and O–H groups in total. The Balaban J connectivity index is 2.48. The van der Waals surface area contributed by atoms with Crippen LogP contribution in [0.15, 0.2) is 35.2 Å². The lowest BCUT2D eigenvalue weighted by atomic mass is 10.0. The van der Waals surface area contributed by atoms with Crippen LogP contribution in [0.2, 0.25) is 0 Å². The summed E-state index contributed by atoms with van der Waals surface area (Å²) in [6.45, 7) is 2.08. The Morgan fingerprint density at radius 2 is 2.06 bits per heavy atom. The molecule has 0 atom stereocenters. The van der Waals surface area contributed by atoms with E-state index < -0.39 is 0 Å². The molecular weight excluding hydrogens is 212 g/mol. The van der Waals surface area contributed by atoms with E-state index in [1.54, 1.807) is 0 Å². The number of thiol groups is 1. The first-order valence-electron chi connectivity index (χ1n) is 5.37.